The molecule has 0 aliphatic carbocycles. The third kappa shape index (κ3) is 4.34. The predicted octanol–water partition coefficient (Wildman–Crippen LogP) is 2.76. The van der Waals surface area contributed by atoms with Gasteiger partial charge in [-0.15, -0.1) is 0 Å². The number of hydrazone groups is 1. The molecule has 0 aliphatic rings. The van der Waals surface area contributed by atoms with Gasteiger partial charge in [0, 0.05) is 23.3 Å². The molecule has 0 bridgehead atoms. The van der Waals surface area contributed by atoms with E-state index in [1.165, 1.54) is 24.4 Å². The van der Waals surface area contributed by atoms with E-state index in [-0.39, 0.29) is 11.4 Å². The van der Waals surface area contributed by atoms with Crippen molar-refractivity contribution in [3.63, 3.8) is 0 Å². The summed E-state index contributed by atoms with van der Waals surface area (Å²) in [5.41, 5.74) is 4.45. The number of aromatic amines is 1. The van der Waals surface area contributed by atoms with Gasteiger partial charge >= 0.3 is 0 Å². The Hall–Kier alpha value is -4.01. The summed E-state index contributed by atoms with van der Waals surface area (Å²) in [6.45, 7) is 0. The van der Waals surface area contributed by atoms with Crippen LogP contribution in [0.15, 0.2) is 59.7 Å². The Balaban J connectivity index is 1.65. The lowest BCUT2D eigenvalue weighted by Crippen LogP contribution is -2.18. The number of hydrogen-bond acceptors (Lipinski definition) is 6. The van der Waals surface area contributed by atoms with Crippen molar-refractivity contribution in [1.29, 1.82) is 0 Å². The summed E-state index contributed by atoms with van der Waals surface area (Å²) in [5.74, 6) is 0.242. The van der Waals surface area contributed by atoms with Crippen molar-refractivity contribution in [2.24, 2.45) is 5.10 Å². The molecule has 2 aromatic carbocycles. The van der Waals surface area contributed by atoms with E-state index in [9.17, 15) is 14.9 Å². The van der Waals surface area contributed by atoms with Crippen molar-refractivity contribution < 1.29 is 14.5 Å². The van der Waals surface area contributed by atoms with Crippen molar-refractivity contribution in [2.75, 3.05) is 7.11 Å². The number of aromatic nitrogens is 2. The molecule has 1 amide bonds. The molecular formula is C18H15N5O4. The number of amides is 1. The van der Waals surface area contributed by atoms with E-state index in [0.717, 1.165) is 11.3 Å². The number of carbonyl (C=O) groups excluding carboxylic acids is 1. The summed E-state index contributed by atoms with van der Waals surface area (Å²) in [7, 11) is 1.58. The van der Waals surface area contributed by atoms with Crippen molar-refractivity contribution >= 4 is 17.8 Å². The lowest BCUT2D eigenvalue weighted by molar-refractivity contribution is -0.384. The largest absolute Gasteiger partial charge is 0.497 e. The Morgan fingerprint density at radius 2 is 2.04 bits per heavy atom. The quantitative estimate of drug-likeness (QED) is 0.395. The zero-order chi connectivity index (χ0) is 19.2. The van der Waals surface area contributed by atoms with Crippen LogP contribution in [0.1, 0.15) is 16.1 Å². The fraction of sp³-hybridized carbons (Fsp3) is 0.0556. The lowest BCUT2D eigenvalue weighted by Gasteiger charge is -2.00. The number of ether oxygens (including phenoxy) is 1. The minimum absolute atomic E-state index is 0.0528. The van der Waals surface area contributed by atoms with E-state index in [1.54, 1.807) is 31.4 Å². The van der Waals surface area contributed by atoms with Gasteiger partial charge in [-0.05, 0) is 30.3 Å². The highest BCUT2D eigenvalue weighted by molar-refractivity contribution is 5.94. The molecule has 0 spiro atoms. The van der Waals surface area contributed by atoms with Gasteiger partial charge in [0.1, 0.15) is 11.4 Å². The molecule has 0 atom stereocenters. The minimum atomic E-state index is -0.499. The maximum Gasteiger partial charge on any atom is 0.289 e. The number of nitrogens with one attached hydrogen (secondary N) is 2. The van der Waals surface area contributed by atoms with Crippen molar-refractivity contribution in [1.82, 2.24) is 15.6 Å². The Labute approximate surface area is 153 Å². The second-order valence-electron chi connectivity index (χ2n) is 5.45. The van der Waals surface area contributed by atoms with Crippen LogP contribution >= 0.6 is 0 Å². The highest BCUT2D eigenvalue weighted by Gasteiger charge is 2.10. The molecule has 2 N–H and O–H groups in total. The molecule has 3 aromatic rings. The van der Waals surface area contributed by atoms with Gasteiger partial charge in [-0.3, -0.25) is 20.0 Å². The summed E-state index contributed by atoms with van der Waals surface area (Å²) in [5, 5.41) is 21.3. The smallest absolute Gasteiger partial charge is 0.289 e. The fourth-order valence-electron chi connectivity index (χ4n) is 2.29. The van der Waals surface area contributed by atoms with E-state index in [4.69, 9.17) is 4.74 Å². The van der Waals surface area contributed by atoms with Gasteiger partial charge in [0.05, 0.1) is 23.9 Å². The Kier molecular flexibility index (Phi) is 5.22. The maximum absolute atomic E-state index is 12.1. The summed E-state index contributed by atoms with van der Waals surface area (Å²) < 4.78 is 5.10. The van der Waals surface area contributed by atoms with Crippen LogP contribution in [0.4, 0.5) is 5.69 Å². The number of nitrogens with zero attached hydrogens (tertiary/aromatic N) is 3. The zero-order valence-electron chi connectivity index (χ0n) is 14.2. The molecule has 0 unspecified atom stereocenters. The number of non-ortho nitro benzene ring substituents is 1. The van der Waals surface area contributed by atoms with Crippen LogP contribution in [-0.2, 0) is 0 Å². The number of rotatable bonds is 6. The highest BCUT2D eigenvalue weighted by atomic mass is 16.6. The van der Waals surface area contributed by atoms with E-state index >= 15 is 0 Å². The first kappa shape index (κ1) is 17.8. The third-order valence-electron chi connectivity index (χ3n) is 3.67. The molecule has 0 saturated heterocycles. The molecule has 0 saturated carbocycles. The zero-order valence-corrected chi connectivity index (χ0v) is 14.2. The van der Waals surface area contributed by atoms with Gasteiger partial charge < -0.3 is 4.74 Å². The average molecular weight is 365 g/mol. The second kappa shape index (κ2) is 7.91. The van der Waals surface area contributed by atoms with Crippen LogP contribution in [-0.4, -0.2) is 34.4 Å². The number of nitro benzene ring substituents is 1. The topological polar surface area (TPSA) is 123 Å². The molecule has 9 heteroatoms. The van der Waals surface area contributed by atoms with Crippen LogP contribution in [0.3, 0.4) is 0 Å². The highest BCUT2D eigenvalue weighted by Crippen LogP contribution is 2.21. The Bertz CT molecular complexity index is 995. The van der Waals surface area contributed by atoms with Crippen LogP contribution in [0, 0.1) is 10.1 Å². The van der Waals surface area contributed by atoms with E-state index < -0.39 is 10.8 Å². The van der Waals surface area contributed by atoms with Gasteiger partial charge in [-0.2, -0.15) is 10.2 Å². The molecule has 0 aliphatic heterocycles. The van der Waals surface area contributed by atoms with Crippen molar-refractivity contribution in [2.45, 2.75) is 0 Å². The molecule has 9 nitrogen and oxygen atoms in total. The number of methoxy groups -OCH3 is 1. The van der Waals surface area contributed by atoms with Crippen molar-refractivity contribution in [3.8, 4) is 17.0 Å². The van der Waals surface area contributed by atoms with Crippen LogP contribution in [0.2, 0.25) is 0 Å². The summed E-state index contributed by atoms with van der Waals surface area (Å²) in [6, 6.07) is 14.8. The van der Waals surface area contributed by atoms with Gasteiger partial charge in [-0.1, -0.05) is 12.1 Å². The molecular weight excluding hydrogens is 350 g/mol. The number of carbonyl (C=O) groups is 1. The van der Waals surface area contributed by atoms with Crippen molar-refractivity contribution in [3.05, 3.63) is 76.0 Å². The maximum atomic E-state index is 12.1. The van der Waals surface area contributed by atoms with Gasteiger partial charge in [0.15, 0.2) is 0 Å². The van der Waals surface area contributed by atoms with E-state index in [2.05, 4.69) is 20.7 Å². The number of nitro groups is 1. The Morgan fingerprint density at radius 3 is 2.74 bits per heavy atom. The fourth-order valence-corrected chi connectivity index (χ4v) is 2.29. The normalized spacial score (nSPS) is 10.7. The first-order chi connectivity index (χ1) is 13.1. The third-order valence-corrected chi connectivity index (χ3v) is 3.67. The molecule has 1 aromatic heterocycles. The first-order valence-electron chi connectivity index (χ1n) is 7.84. The van der Waals surface area contributed by atoms with Crippen LogP contribution < -0.4 is 10.2 Å². The number of benzene rings is 2. The average Bonchev–Trinajstić information content (AvgIpc) is 3.18. The molecule has 0 fully saturated rings. The lowest BCUT2D eigenvalue weighted by atomic mass is 10.1. The molecule has 0 radical (unpaired) electrons. The summed E-state index contributed by atoms with van der Waals surface area (Å²) >= 11 is 0. The Morgan fingerprint density at radius 1 is 1.26 bits per heavy atom. The van der Waals surface area contributed by atoms with E-state index in [1.807, 2.05) is 12.1 Å². The van der Waals surface area contributed by atoms with Gasteiger partial charge in [0.25, 0.3) is 11.6 Å². The first-order valence-corrected chi connectivity index (χ1v) is 7.84. The van der Waals surface area contributed by atoms with Crippen LogP contribution in [0.25, 0.3) is 11.3 Å². The standard InChI is InChI=1S/C18H15N5O4/c1-27-15-7-5-13(6-8-15)16-10-17(21-20-16)18(24)22-19-11-12-3-2-4-14(9-12)23(25)26/h2-11H,1H3,(H,20,21)(H,22,24)/b19-11-. The molecule has 3 rings (SSSR count). The minimum Gasteiger partial charge on any atom is -0.497 e. The monoisotopic (exact) mass is 365 g/mol. The second-order valence-corrected chi connectivity index (χ2v) is 5.45. The van der Waals surface area contributed by atoms with Crippen LogP contribution in [0.5, 0.6) is 5.75 Å². The predicted molar refractivity (Wildman–Crippen MR) is 98.7 cm³/mol. The van der Waals surface area contributed by atoms with Gasteiger partial charge in [-0.25, -0.2) is 5.43 Å². The SMILES string of the molecule is COc1ccc(-c2cc(C(=O)N/N=C\c3cccc([N+](=O)[O-])c3)[nH]n2)cc1. The summed E-state index contributed by atoms with van der Waals surface area (Å²) in [6.07, 6.45) is 1.33. The van der Waals surface area contributed by atoms with E-state index in [0.29, 0.717) is 11.3 Å². The summed E-state index contributed by atoms with van der Waals surface area (Å²) in [4.78, 5) is 22.4. The molecule has 1 heterocycles. The number of hydrogen-bond donors (Lipinski definition) is 2. The van der Waals surface area contributed by atoms with Gasteiger partial charge in [0.2, 0.25) is 0 Å². The molecule has 27 heavy (non-hydrogen) atoms. The molecule has 136 valence electrons. The number of H-pyrrole nitrogens is 1.